The Kier molecular flexibility index (Phi) is 13.7. The molecule has 0 spiro atoms. The molecule has 2 N–H and O–H groups in total. The van der Waals surface area contributed by atoms with E-state index in [2.05, 4.69) is 56.9 Å². The first-order valence-electron chi connectivity index (χ1n) is 17.1. The van der Waals surface area contributed by atoms with Crippen molar-refractivity contribution in [1.29, 1.82) is 0 Å². The van der Waals surface area contributed by atoms with E-state index in [4.69, 9.17) is 9.47 Å². The molecule has 0 unspecified atom stereocenters. The van der Waals surface area contributed by atoms with E-state index in [1.54, 1.807) is 7.11 Å². The summed E-state index contributed by atoms with van der Waals surface area (Å²) in [6, 6.07) is 6.98. The molecule has 0 radical (unpaired) electrons. The Bertz CT molecular complexity index is 1410. The molecule has 1 aliphatic heterocycles. The molecule has 252 valence electrons. The van der Waals surface area contributed by atoms with E-state index in [0.717, 1.165) is 113 Å². The monoisotopic (exact) mass is 633 g/mol. The highest BCUT2D eigenvalue weighted by Crippen LogP contribution is 2.33. The van der Waals surface area contributed by atoms with Crippen molar-refractivity contribution in [2.24, 2.45) is 0 Å². The number of rotatable bonds is 11. The number of H-pyrrole nitrogens is 1. The Hall–Kier alpha value is -3.16. The Morgan fingerprint density at radius 1 is 1.09 bits per heavy atom. The second-order valence-electron chi connectivity index (χ2n) is 12.9. The highest BCUT2D eigenvalue weighted by molar-refractivity contribution is 5.97. The molecule has 1 aromatic heterocycles. The molecule has 46 heavy (non-hydrogen) atoms. The van der Waals surface area contributed by atoms with Crippen LogP contribution in [0.4, 0.5) is 5.69 Å². The van der Waals surface area contributed by atoms with E-state index in [9.17, 15) is 9.59 Å². The van der Waals surface area contributed by atoms with Crippen LogP contribution in [0.1, 0.15) is 83.8 Å². The summed E-state index contributed by atoms with van der Waals surface area (Å²) in [7, 11) is 3.96. The van der Waals surface area contributed by atoms with Gasteiger partial charge >= 0.3 is 0 Å². The number of methoxy groups -OCH3 is 1. The average molecular weight is 634 g/mol. The Morgan fingerprint density at radius 3 is 2.57 bits per heavy atom. The van der Waals surface area contributed by atoms with Crippen molar-refractivity contribution in [2.45, 2.75) is 84.8 Å². The molecule has 2 aliphatic rings. The number of aryl methyl sites for hydroxylation is 2. The van der Waals surface area contributed by atoms with Crippen LogP contribution in [0.15, 0.2) is 23.0 Å². The number of hydrogen-bond acceptors (Lipinski definition) is 7. The maximum absolute atomic E-state index is 13.8. The van der Waals surface area contributed by atoms with Gasteiger partial charge in [-0.1, -0.05) is 11.8 Å². The van der Waals surface area contributed by atoms with Gasteiger partial charge in [0.15, 0.2) is 0 Å². The summed E-state index contributed by atoms with van der Waals surface area (Å²) >= 11 is 0. The van der Waals surface area contributed by atoms with E-state index in [1.165, 1.54) is 0 Å². The van der Waals surface area contributed by atoms with Crippen molar-refractivity contribution in [1.82, 2.24) is 20.1 Å². The molecule has 1 aliphatic carbocycles. The SMILES string of the molecule is CCN(c1cc(C#CCN2CCCCOCC2)cc(C(=O)NCc2c(C)cc(C)[nH]c2=O)c1C)C1CCC(N(C)CCOC)CC1. The summed E-state index contributed by atoms with van der Waals surface area (Å²) < 4.78 is 11.0. The van der Waals surface area contributed by atoms with Gasteiger partial charge in [-0.05, 0) is 109 Å². The van der Waals surface area contributed by atoms with Gasteiger partial charge in [-0.3, -0.25) is 14.5 Å². The minimum atomic E-state index is -0.192. The third kappa shape index (κ3) is 9.68. The van der Waals surface area contributed by atoms with E-state index < -0.39 is 0 Å². The summed E-state index contributed by atoms with van der Waals surface area (Å²) in [5.74, 6) is 6.60. The van der Waals surface area contributed by atoms with Crippen molar-refractivity contribution in [3.63, 3.8) is 0 Å². The van der Waals surface area contributed by atoms with Gasteiger partial charge in [0, 0.05) is 80.1 Å². The number of hydrogen-bond donors (Lipinski definition) is 2. The number of aromatic amines is 1. The number of benzene rings is 1. The van der Waals surface area contributed by atoms with Crippen molar-refractivity contribution >= 4 is 11.6 Å². The maximum atomic E-state index is 13.8. The Balaban J connectivity index is 1.59. The van der Waals surface area contributed by atoms with Gasteiger partial charge in [0.1, 0.15) is 0 Å². The zero-order valence-corrected chi connectivity index (χ0v) is 29.0. The maximum Gasteiger partial charge on any atom is 0.253 e. The van der Waals surface area contributed by atoms with Crippen molar-refractivity contribution in [2.75, 3.05) is 71.6 Å². The normalized spacial score (nSPS) is 19.2. The first-order valence-corrected chi connectivity index (χ1v) is 17.1. The molecule has 2 fully saturated rings. The summed E-state index contributed by atoms with van der Waals surface area (Å²) in [6.45, 7) is 14.9. The number of carbonyl (C=O) groups excluding carboxylic acids is 1. The van der Waals surface area contributed by atoms with Gasteiger partial charge < -0.3 is 29.6 Å². The van der Waals surface area contributed by atoms with Crippen LogP contribution in [0.3, 0.4) is 0 Å². The largest absolute Gasteiger partial charge is 0.383 e. The third-order valence-corrected chi connectivity index (χ3v) is 9.67. The number of nitrogens with zero attached hydrogens (tertiary/aromatic N) is 3. The lowest BCUT2D eigenvalue weighted by atomic mass is 9.88. The van der Waals surface area contributed by atoms with Gasteiger partial charge in [-0.15, -0.1) is 0 Å². The number of likely N-dealkylation sites (N-methyl/N-ethyl adjacent to an activating group) is 1. The Labute approximate surface area is 276 Å². The predicted molar refractivity (Wildman–Crippen MR) is 186 cm³/mol. The number of aromatic nitrogens is 1. The number of amides is 1. The van der Waals surface area contributed by atoms with Gasteiger partial charge in [-0.25, -0.2) is 0 Å². The molecule has 1 saturated heterocycles. The quantitative estimate of drug-likeness (QED) is 0.355. The molecule has 0 atom stereocenters. The fraction of sp³-hybridized carbons (Fsp3) is 0.622. The summed E-state index contributed by atoms with van der Waals surface area (Å²) in [4.78, 5) is 36.5. The number of pyridine rings is 1. The van der Waals surface area contributed by atoms with Gasteiger partial charge in [0.2, 0.25) is 0 Å². The smallest absolute Gasteiger partial charge is 0.253 e. The van der Waals surface area contributed by atoms with Crippen LogP contribution >= 0.6 is 0 Å². The molecular formula is C37H55N5O4. The predicted octanol–water partition coefficient (Wildman–Crippen LogP) is 4.41. The molecule has 2 heterocycles. The van der Waals surface area contributed by atoms with Crippen molar-refractivity contribution < 1.29 is 14.3 Å². The van der Waals surface area contributed by atoms with E-state index in [-0.39, 0.29) is 18.0 Å². The molecule has 2 aromatic rings. The number of anilines is 1. The molecule has 1 amide bonds. The fourth-order valence-electron chi connectivity index (χ4n) is 6.88. The van der Waals surface area contributed by atoms with Gasteiger partial charge in [-0.2, -0.15) is 0 Å². The Morgan fingerprint density at radius 2 is 1.85 bits per heavy atom. The van der Waals surface area contributed by atoms with Crippen LogP contribution in [0.2, 0.25) is 0 Å². The first kappa shape index (κ1) is 35.7. The first-order chi connectivity index (χ1) is 22.2. The zero-order chi connectivity index (χ0) is 33.1. The van der Waals surface area contributed by atoms with Crippen LogP contribution in [0.25, 0.3) is 0 Å². The number of ether oxygens (including phenoxy) is 2. The topological polar surface area (TPSA) is 90.1 Å². The van der Waals surface area contributed by atoms with Crippen LogP contribution < -0.4 is 15.8 Å². The van der Waals surface area contributed by atoms with Gasteiger partial charge in [0.25, 0.3) is 11.5 Å². The van der Waals surface area contributed by atoms with E-state index in [0.29, 0.717) is 29.8 Å². The molecule has 1 aromatic carbocycles. The summed E-state index contributed by atoms with van der Waals surface area (Å²) in [5, 5.41) is 3.04. The van der Waals surface area contributed by atoms with Crippen LogP contribution in [0.5, 0.6) is 0 Å². The number of nitrogens with one attached hydrogen (secondary N) is 2. The van der Waals surface area contributed by atoms with Gasteiger partial charge in [0.05, 0.1) is 19.8 Å². The number of carbonyl (C=O) groups is 1. The third-order valence-electron chi connectivity index (χ3n) is 9.67. The van der Waals surface area contributed by atoms with Crippen molar-refractivity contribution in [3.8, 4) is 11.8 Å². The zero-order valence-electron chi connectivity index (χ0n) is 29.0. The second kappa shape index (κ2) is 17.7. The lowest BCUT2D eigenvalue weighted by Crippen LogP contribution is -2.44. The second-order valence-corrected chi connectivity index (χ2v) is 12.9. The summed E-state index contributed by atoms with van der Waals surface area (Å²) in [5.41, 5.74) is 5.55. The highest BCUT2D eigenvalue weighted by Gasteiger charge is 2.29. The molecular weight excluding hydrogens is 578 g/mol. The fourth-order valence-corrected chi connectivity index (χ4v) is 6.88. The molecule has 1 saturated carbocycles. The van der Waals surface area contributed by atoms with Crippen molar-refractivity contribution in [3.05, 3.63) is 62.1 Å². The highest BCUT2D eigenvalue weighted by atomic mass is 16.5. The van der Waals surface area contributed by atoms with E-state index >= 15 is 0 Å². The molecule has 9 nitrogen and oxygen atoms in total. The van der Waals surface area contributed by atoms with E-state index in [1.807, 2.05) is 32.9 Å². The van der Waals surface area contributed by atoms with Crippen LogP contribution in [-0.2, 0) is 16.0 Å². The van der Waals surface area contributed by atoms with Crippen LogP contribution in [-0.4, -0.2) is 99.5 Å². The minimum Gasteiger partial charge on any atom is -0.383 e. The average Bonchev–Trinajstić information content (AvgIpc) is 3.02. The van der Waals surface area contributed by atoms with Crippen LogP contribution in [0, 0.1) is 32.6 Å². The minimum absolute atomic E-state index is 0.162. The standard InChI is InChI=1S/C37H55N5O4/c1-7-42(32-14-12-31(13-15-32)40(5)18-21-45-6)35-25-30(11-10-17-41-16-8-9-20-46-22-19-41)24-33(29(35)4)36(43)38-26-34-27(2)23-28(3)39-37(34)44/h23-25,31-32H,7-9,12-22,26H2,1-6H3,(H,38,43)(H,39,44). The lowest BCUT2D eigenvalue weighted by molar-refractivity contribution is 0.0857. The lowest BCUT2D eigenvalue weighted by Gasteiger charge is -2.41. The molecule has 0 bridgehead atoms. The molecule has 9 heteroatoms. The summed E-state index contributed by atoms with van der Waals surface area (Å²) in [6.07, 6.45) is 6.66. The molecule has 4 rings (SSSR count).